The van der Waals surface area contributed by atoms with Crippen LogP contribution in [0.1, 0.15) is 12.8 Å². The second kappa shape index (κ2) is 9.06. The number of carbonyl (C=O) groups is 2. The fraction of sp³-hybridized carbons (Fsp3) is 0.429. The van der Waals surface area contributed by atoms with Gasteiger partial charge in [-0.05, 0) is 50.2 Å². The zero-order valence-corrected chi connectivity index (χ0v) is 12.5. The van der Waals surface area contributed by atoms with Crippen LogP contribution in [-0.2, 0) is 4.79 Å². The summed E-state index contributed by atoms with van der Waals surface area (Å²) in [4.78, 5) is 20.5. The van der Waals surface area contributed by atoms with Crippen molar-refractivity contribution in [2.75, 3.05) is 18.4 Å². The average Bonchev–Trinajstić information content (AvgIpc) is 2.50. The summed E-state index contributed by atoms with van der Waals surface area (Å²) in [7, 11) is 0. The van der Waals surface area contributed by atoms with Gasteiger partial charge in [0.15, 0.2) is 0 Å². The highest BCUT2D eigenvalue weighted by atomic mass is 19.4. The Morgan fingerprint density at radius 3 is 2.08 bits per heavy atom. The molecule has 1 saturated heterocycles. The van der Waals surface area contributed by atoms with Gasteiger partial charge in [0.25, 0.3) is 0 Å². The van der Waals surface area contributed by atoms with Crippen molar-refractivity contribution in [1.82, 2.24) is 10.6 Å². The Morgan fingerprint density at radius 2 is 1.62 bits per heavy atom. The molecular formula is C14H17F4N3O3. The van der Waals surface area contributed by atoms with Crippen LogP contribution in [0.3, 0.4) is 0 Å². The third kappa shape index (κ3) is 7.77. The molecule has 10 heteroatoms. The summed E-state index contributed by atoms with van der Waals surface area (Å²) < 4.78 is 44.4. The maximum atomic E-state index is 12.7. The number of anilines is 1. The SMILES string of the molecule is O=C(Nc1ccc(F)cc1)NC1CCNCC1.O=C(O)C(F)(F)F. The molecule has 0 spiro atoms. The summed E-state index contributed by atoms with van der Waals surface area (Å²) in [5.41, 5.74) is 0.595. The fourth-order valence-electron chi connectivity index (χ4n) is 1.85. The number of piperidine rings is 1. The molecule has 2 rings (SSSR count). The standard InChI is InChI=1S/C12H16FN3O.C2HF3O2/c13-9-1-3-10(4-2-9)15-12(17)16-11-5-7-14-8-6-11;3-2(4,5)1(6)7/h1-4,11,14H,5-8H2,(H2,15,16,17);(H,6,7). The van der Waals surface area contributed by atoms with E-state index in [1.807, 2.05) is 0 Å². The lowest BCUT2D eigenvalue weighted by atomic mass is 10.1. The molecule has 0 radical (unpaired) electrons. The molecule has 134 valence electrons. The number of hydrogen-bond acceptors (Lipinski definition) is 3. The topological polar surface area (TPSA) is 90.5 Å². The third-order valence-electron chi connectivity index (χ3n) is 3.02. The number of amides is 2. The number of urea groups is 1. The monoisotopic (exact) mass is 351 g/mol. The van der Waals surface area contributed by atoms with E-state index in [2.05, 4.69) is 16.0 Å². The molecule has 2 amide bonds. The molecule has 1 fully saturated rings. The first kappa shape index (κ1) is 19.7. The largest absolute Gasteiger partial charge is 0.490 e. The Kier molecular flexibility index (Phi) is 7.43. The second-order valence-electron chi connectivity index (χ2n) is 4.93. The fourth-order valence-corrected chi connectivity index (χ4v) is 1.85. The van der Waals surface area contributed by atoms with Gasteiger partial charge in [-0.3, -0.25) is 0 Å². The first-order chi connectivity index (χ1) is 11.2. The van der Waals surface area contributed by atoms with Gasteiger partial charge in [0, 0.05) is 11.7 Å². The van der Waals surface area contributed by atoms with Gasteiger partial charge < -0.3 is 21.1 Å². The lowest BCUT2D eigenvalue weighted by molar-refractivity contribution is -0.192. The molecule has 1 heterocycles. The van der Waals surface area contributed by atoms with Crippen LogP contribution in [0.25, 0.3) is 0 Å². The van der Waals surface area contributed by atoms with Crippen molar-refractivity contribution in [3.05, 3.63) is 30.1 Å². The van der Waals surface area contributed by atoms with Gasteiger partial charge in [0.2, 0.25) is 0 Å². The molecule has 0 bridgehead atoms. The van der Waals surface area contributed by atoms with E-state index in [9.17, 15) is 22.4 Å². The Bertz CT molecular complexity index is 543. The molecule has 0 atom stereocenters. The molecule has 1 aliphatic rings. The highest BCUT2D eigenvalue weighted by Gasteiger charge is 2.38. The minimum atomic E-state index is -5.08. The molecule has 0 aromatic heterocycles. The molecule has 1 aromatic rings. The van der Waals surface area contributed by atoms with Gasteiger partial charge in [0.05, 0.1) is 0 Å². The van der Waals surface area contributed by atoms with Crippen molar-refractivity contribution < 1.29 is 32.3 Å². The average molecular weight is 351 g/mol. The minimum absolute atomic E-state index is 0.219. The van der Waals surface area contributed by atoms with Crippen LogP contribution in [-0.4, -0.2) is 42.4 Å². The Balaban J connectivity index is 0.000000351. The summed E-state index contributed by atoms with van der Waals surface area (Å²) in [6.45, 7) is 1.86. The first-order valence-corrected chi connectivity index (χ1v) is 7.02. The summed E-state index contributed by atoms with van der Waals surface area (Å²) >= 11 is 0. The molecule has 0 aliphatic carbocycles. The minimum Gasteiger partial charge on any atom is -0.475 e. The van der Waals surface area contributed by atoms with E-state index in [0.717, 1.165) is 25.9 Å². The van der Waals surface area contributed by atoms with Crippen LogP contribution in [0, 0.1) is 5.82 Å². The maximum Gasteiger partial charge on any atom is 0.490 e. The van der Waals surface area contributed by atoms with Crippen molar-refractivity contribution in [1.29, 1.82) is 0 Å². The van der Waals surface area contributed by atoms with Crippen molar-refractivity contribution in [3.63, 3.8) is 0 Å². The molecule has 1 aliphatic heterocycles. The summed E-state index contributed by atoms with van der Waals surface area (Å²) in [6.07, 6.45) is -3.20. The summed E-state index contributed by atoms with van der Waals surface area (Å²) in [5.74, 6) is -3.07. The van der Waals surface area contributed by atoms with Crippen LogP contribution in [0.4, 0.5) is 28.0 Å². The zero-order valence-electron chi connectivity index (χ0n) is 12.5. The number of nitrogens with one attached hydrogen (secondary N) is 3. The Labute approximate surface area is 135 Å². The van der Waals surface area contributed by atoms with Crippen LogP contribution in [0.15, 0.2) is 24.3 Å². The number of halogens is 4. The van der Waals surface area contributed by atoms with Crippen LogP contribution in [0.2, 0.25) is 0 Å². The lowest BCUT2D eigenvalue weighted by Gasteiger charge is -2.23. The lowest BCUT2D eigenvalue weighted by Crippen LogP contribution is -2.44. The number of carbonyl (C=O) groups excluding carboxylic acids is 1. The first-order valence-electron chi connectivity index (χ1n) is 7.02. The van der Waals surface area contributed by atoms with Crippen LogP contribution >= 0.6 is 0 Å². The molecule has 6 nitrogen and oxygen atoms in total. The van der Waals surface area contributed by atoms with E-state index in [0.29, 0.717) is 5.69 Å². The van der Waals surface area contributed by atoms with Crippen LogP contribution in [0.5, 0.6) is 0 Å². The van der Waals surface area contributed by atoms with E-state index in [-0.39, 0.29) is 17.9 Å². The van der Waals surface area contributed by atoms with Gasteiger partial charge in [-0.25, -0.2) is 14.0 Å². The van der Waals surface area contributed by atoms with Gasteiger partial charge in [-0.2, -0.15) is 13.2 Å². The molecule has 4 N–H and O–H groups in total. The highest BCUT2D eigenvalue weighted by molar-refractivity contribution is 5.89. The smallest absolute Gasteiger partial charge is 0.475 e. The number of hydrogen-bond donors (Lipinski definition) is 4. The van der Waals surface area contributed by atoms with Crippen molar-refractivity contribution in [2.45, 2.75) is 25.1 Å². The maximum absolute atomic E-state index is 12.7. The highest BCUT2D eigenvalue weighted by Crippen LogP contribution is 2.13. The third-order valence-corrected chi connectivity index (χ3v) is 3.02. The number of aliphatic carboxylic acids is 1. The predicted molar refractivity (Wildman–Crippen MR) is 78.1 cm³/mol. The van der Waals surface area contributed by atoms with Gasteiger partial charge in [0.1, 0.15) is 5.82 Å². The Morgan fingerprint density at radius 1 is 1.12 bits per heavy atom. The van der Waals surface area contributed by atoms with E-state index < -0.39 is 12.1 Å². The van der Waals surface area contributed by atoms with Crippen LogP contribution < -0.4 is 16.0 Å². The van der Waals surface area contributed by atoms with Gasteiger partial charge >= 0.3 is 18.2 Å². The number of carboxylic acids is 1. The van der Waals surface area contributed by atoms with E-state index in [1.165, 1.54) is 24.3 Å². The molecule has 1 aromatic carbocycles. The summed E-state index contributed by atoms with van der Waals surface area (Å²) in [5, 5.41) is 15.9. The molecule has 0 saturated carbocycles. The van der Waals surface area contributed by atoms with E-state index in [4.69, 9.17) is 9.90 Å². The zero-order chi connectivity index (χ0) is 18.2. The number of carboxylic acid groups (broad SMARTS) is 1. The number of benzene rings is 1. The Hall–Kier alpha value is -2.36. The summed E-state index contributed by atoms with van der Waals surface area (Å²) in [6, 6.07) is 5.70. The number of alkyl halides is 3. The van der Waals surface area contributed by atoms with E-state index >= 15 is 0 Å². The molecule has 24 heavy (non-hydrogen) atoms. The quantitative estimate of drug-likeness (QED) is 0.616. The second-order valence-corrected chi connectivity index (χ2v) is 4.93. The van der Waals surface area contributed by atoms with Crippen molar-refractivity contribution in [2.24, 2.45) is 0 Å². The van der Waals surface area contributed by atoms with Crippen molar-refractivity contribution in [3.8, 4) is 0 Å². The van der Waals surface area contributed by atoms with Gasteiger partial charge in [-0.15, -0.1) is 0 Å². The molecule has 0 unspecified atom stereocenters. The predicted octanol–water partition coefficient (Wildman–Crippen LogP) is 2.33. The van der Waals surface area contributed by atoms with Crippen molar-refractivity contribution >= 4 is 17.7 Å². The van der Waals surface area contributed by atoms with E-state index in [1.54, 1.807) is 0 Å². The number of rotatable bonds is 2. The molecular weight excluding hydrogens is 334 g/mol. The van der Waals surface area contributed by atoms with Gasteiger partial charge in [-0.1, -0.05) is 0 Å². The normalized spacial score (nSPS) is 15.0.